The molecule has 1 amide bonds. The Hall–Kier alpha value is -1.56. The minimum Gasteiger partial charge on any atom is -0.343 e. The maximum Gasteiger partial charge on any atom is 0.232 e. The minimum atomic E-state index is -3.42. The van der Waals surface area contributed by atoms with Gasteiger partial charge >= 0.3 is 0 Å². The van der Waals surface area contributed by atoms with E-state index >= 15 is 0 Å². The molecule has 134 valence electrons. The molecule has 6 heteroatoms. The summed E-state index contributed by atoms with van der Waals surface area (Å²) in [5.74, 6) is 0.711. The van der Waals surface area contributed by atoms with Gasteiger partial charge in [0.2, 0.25) is 15.9 Å². The molecule has 0 aliphatic carbocycles. The van der Waals surface area contributed by atoms with E-state index in [9.17, 15) is 13.2 Å². The quantitative estimate of drug-likeness (QED) is 0.791. The van der Waals surface area contributed by atoms with E-state index in [2.05, 4.69) is 6.92 Å². The first-order valence-corrected chi connectivity index (χ1v) is 10.5. The number of nitrogens with zero attached hydrogens (tertiary/aromatic N) is 2. The molecule has 1 aliphatic heterocycles. The number of carbonyl (C=O) groups is 1. The van der Waals surface area contributed by atoms with Gasteiger partial charge in [0, 0.05) is 26.1 Å². The van der Waals surface area contributed by atoms with Crippen LogP contribution in [-0.4, -0.2) is 45.1 Å². The van der Waals surface area contributed by atoms with Gasteiger partial charge in [0.1, 0.15) is 0 Å². The fraction of sp³-hybridized carbons (Fsp3) is 0.611. The standard InChI is InChI=1S/C18H28N2O3S/c1-4-16-7-5-6-8-17(16)20(24(3,22)23)14-11-18(21)19-12-9-15(2)10-13-19/h5-8,15H,4,9-14H2,1-3H3. The van der Waals surface area contributed by atoms with Crippen LogP contribution >= 0.6 is 0 Å². The van der Waals surface area contributed by atoms with Crippen LogP contribution in [0.4, 0.5) is 5.69 Å². The highest BCUT2D eigenvalue weighted by atomic mass is 32.2. The van der Waals surface area contributed by atoms with Crippen LogP contribution in [0.5, 0.6) is 0 Å². The number of hydrogen-bond donors (Lipinski definition) is 0. The zero-order valence-electron chi connectivity index (χ0n) is 14.9. The van der Waals surface area contributed by atoms with E-state index in [1.807, 2.05) is 36.1 Å². The monoisotopic (exact) mass is 352 g/mol. The smallest absolute Gasteiger partial charge is 0.232 e. The van der Waals surface area contributed by atoms with Gasteiger partial charge in [-0.2, -0.15) is 0 Å². The van der Waals surface area contributed by atoms with E-state index in [1.54, 1.807) is 0 Å². The first-order valence-electron chi connectivity index (χ1n) is 8.66. The molecule has 0 unspecified atom stereocenters. The van der Waals surface area contributed by atoms with Crippen molar-refractivity contribution in [3.05, 3.63) is 29.8 Å². The number of aryl methyl sites for hydroxylation is 1. The third-order valence-electron chi connectivity index (χ3n) is 4.71. The topological polar surface area (TPSA) is 57.7 Å². The number of anilines is 1. The van der Waals surface area contributed by atoms with Crippen LogP contribution in [-0.2, 0) is 21.2 Å². The zero-order chi connectivity index (χ0) is 17.7. The number of piperidine rings is 1. The molecule has 0 N–H and O–H groups in total. The second-order valence-electron chi connectivity index (χ2n) is 6.63. The molecular weight excluding hydrogens is 324 g/mol. The third-order valence-corrected chi connectivity index (χ3v) is 5.89. The van der Waals surface area contributed by atoms with E-state index < -0.39 is 10.0 Å². The van der Waals surface area contributed by atoms with Crippen LogP contribution in [0.15, 0.2) is 24.3 Å². The van der Waals surface area contributed by atoms with Crippen LogP contribution in [0.1, 0.15) is 38.7 Å². The van der Waals surface area contributed by atoms with E-state index in [0.29, 0.717) is 11.6 Å². The molecule has 0 atom stereocenters. The molecule has 24 heavy (non-hydrogen) atoms. The summed E-state index contributed by atoms with van der Waals surface area (Å²) in [6.07, 6.45) is 4.23. The molecule has 1 aliphatic rings. The van der Waals surface area contributed by atoms with Crippen LogP contribution in [0.25, 0.3) is 0 Å². The molecule has 1 heterocycles. The molecule has 5 nitrogen and oxygen atoms in total. The van der Waals surface area contributed by atoms with Gasteiger partial charge in [-0.05, 0) is 36.8 Å². The Morgan fingerprint density at radius 2 is 1.88 bits per heavy atom. The lowest BCUT2D eigenvalue weighted by molar-refractivity contribution is -0.132. The van der Waals surface area contributed by atoms with Crippen molar-refractivity contribution in [2.24, 2.45) is 5.92 Å². The number of rotatable bonds is 6. The first-order chi connectivity index (χ1) is 11.3. The molecular formula is C18H28N2O3S. The third kappa shape index (κ3) is 4.72. The summed E-state index contributed by atoms with van der Waals surface area (Å²) in [6.45, 7) is 5.96. The van der Waals surface area contributed by atoms with Crippen molar-refractivity contribution in [2.75, 3.05) is 30.2 Å². The van der Waals surface area contributed by atoms with Crippen molar-refractivity contribution >= 4 is 21.6 Å². The Morgan fingerprint density at radius 1 is 1.25 bits per heavy atom. The summed E-state index contributed by atoms with van der Waals surface area (Å²) < 4.78 is 25.8. The van der Waals surface area contributed by atoms with Crippen molar-refractivity contribution in [1.29, 1.82) is 0 Å². The number of benzene rings is 1. The van der Waals surface area contributed by atoms with Crippen molar-refractivity contribution in [3.8, 4) is 0 Å². The highest BCUT2D eigenvalue weighted by Crippen LogP contribution is 2.24. The summed E-state index contributed by atoms with van der Waals surface area (Å²) in [6, 6.07) is 7.48. The first kappa shape index (κ1) is 18.8. The predicted molar refractivity (Wildman–Crippen MR) is 97.6 cm³/mol. The maximum absolute atomic E-state index is 12.4. The molecule has 1 fully saturated rings. The summed E-state index contributed by atoms with van der Waals surface area (Å²) in [4.78, 5) is 14.3. The number of likely N-dealkylation sites (tertiary alicyclic amines) is 1. The number of carbonyl (C=O) groups excluding carboxylic acids is 1. The van der Waals surface area contributed by atoms with E-state index in [1.165, 1.54) is 10.6 Å². The molecule has 1 aromatic carbocycles. The van der Waals surface area contributed by atoms with Crippen molar-refractivity contribution < 1.29 is 13.2 Å². The van der Waals surface area contributed by atoms with Crippen molar-refractivity contribution in [3.63, 3.8) is 0 Å². The van der Waals surface area contributed by atoms with Crippen LogP contribution < -0.4 is 4.31 Å². The second-order valence-corrected chi connectivity index (χ2v) is 8.54. The molecule has 2 rings (SSSR count). The molecule has 1 saturated heterocycles. The lowest BCUT2D eigenvalue weighted by Gasteiger charge is -2.31. The summed E-state index contributed by atoms with van der Waals surface area (Å²) in [5, 5.41) is 0. The zero-order valence-corrected chi connectivity index (χ0v) is 15.7. The van der Waals surface area contributed by atoms with Gasteiger partial charge in [0.05, 0.1) is 11.9 Å². The van der Waals surface area contributed by atoms with Gasteiger partial charge in [-0.1, -0.05) is 32.0 Å². The van der Waals surface area contributed by atoms with Gasteiger partial charge in [-0.15, -0.1) is 0 Å². The van der Waals surface area contributed by atoms with Crippen molar-refractivity contribution in [2.45, 2.75) is 39.5 Å². The summed E-state index contributed by atoms with van der Waals surface area (Å²) in [7, 11) is -3.42. The maximum atomic E-state index is 12.4. The summed E-state index contributed by atoms with van der Waals surface area (Å²) in [5.41, 5.74) is 1.66. The highest BCUT2D eigenvalue weighted by Gasteiger charge is 2.24. The van der Waals surface area contributed by atoms with Crippen molar-refractivity contribution in [1.82, 2.24) is 4.90 Å². The lowest BCUT2D eigenvalue weighted by atomic mass is 9.99. The van der Waals surface area contributed by atoms with E-state index in [0.717, 1.165) is 37.9 Å². The van der Waals surface area contributed by atoms with Gasteiger partial charge in [-0.3, -0.25) is 9.10 Å². The van der Waals surface area contributed by atoms with Gasteiger partial charge in [-0.25, -0.2) is 8.42 Å². The number of para-hydroxylation sites is 1. The highest BCUT2D eigenvalue weighted by molar-refractivity contribution is 7.92. The normalized spacial score (nSPS) is 16.2. The number of hydrogen-bond acceptors (Lipinski definition) is 3. The van der Waals surface area contributed by atoms with Crippen LogP contribution in [0.2, 0.25) is 0 Å². The van der Waals surface area contributed by atoms with Crippen LogP contribution in [0, 0.1) is 5.92 Å². The Balaban J connectivity index is 2.09. The fourth-order valence-electron chi connectivity index (χ4n) is 3.13. The SMILES string of the molecule is CCc1ccccc1N(CCC(=O)N1CCC(C)CC1)S(C)(=O)=O. The van der Waals surface area contributed by atoms with Crippen LogP contribution in [0.3, 0.4) is 0 Å². The summed E-state index contributed by atoms with van der Waals surface area (Å²) >= 11 is 0. The second kappa shape index (κ2) is 8.01. The molecule has 0 radical (unpaired) electrons. The Kier molecular flexibility index (Phi) is 6.27. The molecule has 0 spiro atoms. The van der Waals surface area contributed by atoms with Gasteiger partial charge in [0.25, 0.3) is 0 Å². The van der Waals surface area contributed by atoms with Gasteiger partial charge < -0.3 is 4.90 Å². The largest absolute Gasteiger partial charge is 0.343 e. The lowest BCUT2D eigenvalue weighted by Crippen LogP contribution is -2.40. The molecule has 1 aromatic rings. The molecule has 0 aromatic heterocycles. The number of amides is 1. The number of sulfonamides is 1. The average molecular weight is 353 g/mol. The Morgan fingerprint density at radius 3 is 2.46 bits per heavy atom. The molecule has 0 saturated carbocycles. The Bertz CT molecular complexity index is 665. The van der Waals surface area contributed by atoms with Gasteiger partial charge in [0.15, 0.2) is 0 Å². The van der Waals surface area contributed by atoms with E-state index in [-0.39, 0.29) is 18.9 Å². The fourth-order valence-corrected chi connectivity index (χ4v) is 4.09. The molecule has 0 bridgehead atoms. The average Bonchev–Trinajstić information content (AvgIpc) is 2.54. The predicted octanol–water partition coefficient (Wildman–Crippen LogP) is 2.66. The minimum absolute atomic E-state index is 0.0459. The van der Waals surface area contributed by atoms with E-state index in [4.69, 9.17) is 0 Å². The Labute approximate surface area is 145 Å².